The number of urea groups is 1. The number of rotatable bonds is 7. The van der Waals surface area contributed by atoms with E-state index >= 15 is 0 Å². The molecule has 0 saturated carbocycles. The van der Waals surface area contributed by atoms with E-state index in [2.05, 4.69) is 41.1 Å². The second-order valence-corrected chi connectivity index (χ2v) is 5.19. The van der Waals surface area contributed by atoms with Gasteiger partial charge in [0.05, 0.1) is 6.54 Å². The summed E-state index contributed by atoms with van der Waals surface area (Å²) >= 11 is 0. The smallest absolute Gasteiger partial charge is 0.317 e. The second-order valence-electron chi connectivity index (χ2n) is 5.19. The predicted octanol–water partition coefficient (Wildman–Crippen LogP) is 1.59. The number of hydrogen-bond acceptors (Lipinski definition) is 3. The van der Waals surface area contributed by atoms with Gasteiger partial charge in [0.1, 0.15) is 5.82 Å². The molecule has 0 saturated heterocycles. The van der Waals surface area contributed by atoms with Crippen LogP contribution in [0.4, 0.5) is 4.79 Å². The number of aromatic amines is 1. The van der Waals surface area contributed by atoms with Crippen molar-refractivity contribution < 1.29 is 4.79 Å². The van der Waals surface area contributed by atoms with Gasteiger partial charge >= 0.3 is 6.03 Å². The molecule has 0 aliphatic heterocycles. The number of carbonyl (C=O) groups is 1. The molecule has 20 heavy (non-hydrogen) atoms. The fourth-order valence-corrected chi connectivity index (χ4v) is 2.05. The summed E-state index contributed by atoms with van der Waals surface area (Å²) in [5.41, 5.74) is 1.00. The van der Waals surface area contributed by atoms with Gasteiger partial charge in [0.2, 0.25) is 0 Å². The minimum Gasteiger partial charge on any atom is -0.345 e. The van der Waals surface area contributed by atoms with Crippen molar-refractivity contribution in [2.75, 3.05) is 27.2 Å². The number of likely N-dealkylation sites (N-methyl/N-ethyl adjacent to an activating group) is 1. The van der Waals surface area contributed by atoms with E-state index < -0.39 is 0 Å². The lowest BCUT2D eigenvalue weighted by Gasteiger charge is -2.27. The molecule has 0 fully saturated rings. The number of aryl methyl sites for hydroxylation is 1. The fourth-order valence-electron chi connectivity index (χ4n) is 2.05. The fraction of sp³-hybridized carbons (Fsp3) is 0.714. The van der Waals surface area contributed by atoms with E-state index in [1.807, 2.05) is 6.92 Å². The zero-order chi connectivity index (χ0) is 15.1. The van der Waals surface area contributed by atoms with Crippen LogP contribution in [-0.4, -0.2) is 59.0 Å². The number of carbonyl (C=O) groups excluding carboxylic acids is 1. The summed E-state index contributed by atoms with van der Waals surface area (Å²) in [5, 5.41) is 2.98. The second kappa shape index (κ2) is 7.89. The third-order valence-electron chi connectivity index (χ3n) is 3.57. The van der Waals surface area contributed by atoms with E-state index in [9.17, 15) is 4.79 Å². The topological polar surface area (TPSA) is 64.3 Å². The Balaban J connectivity index is 2.41. The van der Waals surface area contributed by atoms with Gasteiger partial charge in [-0.25, -0.2) is 9.78 Å². The van der Waals surface area contributed by atoms with Gasteiger partial charge in [-0.15, -0.1) is 0 Å². The third kappa shape index (κ3) is 4.85. The Kier molecular flexibility index (Phi) is 6.51. The minimum atomic E-state index is -0.0676. The lowest BCUT2D eigenvalue weighted by molar-refractivity contribution is 0.195. The van der Waals surface area contributed by atoms with E-state index in [1.54, 1.807) is 18.1 Å². The predicted molar refractivity (Wildman–Crippen MR) is 80.6 cm³/mol. The van der Waals surface area contributed by atoms with Crippen LogP contribution < -0.4 is 5.32 Å². The number of imidazole rings is 1. The van der Waals surface area contributed by atoms with Gasteiger partial charge in [-0.3, -0.25) is 0 Å². The van der Waals surface area contributed by atoms with Crippen molar-refractivity contribution in [3.63, 3.8) is 0 Å². The van der Waals surface area contributed by atoms with Crippen molar-refractivity contribution in [2.24, 2.45) is 0 Å². The number of amides is 2. The highest BCUT2D eigenvalue weighted by molar-refractivity contribution is 5.73. The minimum absolute atomic E-state index is 0.0676. The summed E-state index contributed by atoms with van der Waals surface area (Å²) in [6.45, 7) is 8.34. The monoisotopic (exact) mass is 281 g/mol. The third-order valence-corrected chi connectivity index (χ3v) is 3.57. The zero-order valence-electron chi connectivity index (χ0n) is 13.2. The SMILES string of the molecule is CCC(CNC(=O)N(C)Cc1ncc(C)[nH]1)N(C)CC. The Morgan fingerprint density at radius 3 is 2.65 bits per heavy atom. The normalized spacial score (nSPS) is 12.5. The molecular formula is C14H27N5O. The molecule has 6 nitrogen and oxygen atoms in total. The molecule has 0 radical (unpaired) electrons. The van der Waals surface area contributed by atoms with Gasteiger partial charge in [-0.1, -0.05) is 13.8 Å². The molecule has 1 heterocycles. The molecule has 0 bridgehead atoms. The van der Waals surface area contributed by atoms with Crippen LogP contribution in [0.3, 0.4) is 0 Å². The molecule has 1 aromatic rings. The molecule has 0 aromatic carbocycles. The van der Waals surface area contributed by atoms with Crippen molar-refractivity contribution in [2.45, 2.75) is 39.8 Å². The summed E-state index contributed by atoms with van der Waals surface area (Å²) in [6, 6.07) is 0.310. The number of aromatic nitrogens is 2. The van der Waals surface area contributed by atoms with E-state index in [0.29, 0.717) is 19.1 Å². The Labute approximate surface area is 121 Å². The van der Waals surface area contributed by atoms with Crippen molar-refractivity contribution in [3.8, 4) is 0 Å². The number of nitrogens with zero attached hydrogens (tertiary/aromatic N) is 3. The molecule has 1 unspecified atom stereocenters. The molecule has 2 amide bonds. The molecule has 0 spiro atoms. The van der Waals surface area contributed by atoms with Crippen LogP contribution in [0, 0.1) is 6.92 Å². The van der Waals surface area contributed by atoms with Crippen molar-refractivity contribution >= 4 is 6.03 Å². The van der Waals surface area contributed by atoms with Crippen LogP contribution in [0.1, 0.15) is 31.8 Å². The van der Waals surface area contributed by atoms with Crippen LogP contribution >= 0.6 is 0 Å². The maximum Gasteiger partial charge on any atom is 0.317 e. The van der Waals surface area contributed by atoms with Crippen molar-refractivity contribution in [3.05, 3.63) is 17.7 Å². The Morgan fingerprint density at radius 2 is 2.15 bits per heavy atom. The summed E-state index contributed by atoms with van der Waals surface area (Å²) in [4.78, 5) is 23.3. The molecule has 0 aliphatic rings. The molecule has 1 rings (SSSR count). The summed E-state index contributed by atoms with van der Waals surface area (Å²) in [7, 11) is 3.85. The van der Waals surface area contributed by atoms with E-state index in [1.165, 1.54) is 0 Å². The van der Waals surface area contributed by atoms with Crippen LogP contribution in [-0.2, 0) is 6.54 Å². The summed E-state index contributed by atoms with van der Waals surface area (Å²) < 4.78 is 0. The number of nitrogens with one attached hydrogen (secondary N) is 2. The van der Waals surface area contributed by atoms with Crippen LogP contribution in [0.25, 0.3) is 0 Å². The Bertz CT molecular complexity index is 417. The summed E-state index contributed by atoms with van der Waals surface area (Å²) in [6.07, 6.45) is 2.79. The molecule has 114 valence electrons. The largest absolute Gasteiger partial charge is 0.345 e. The van der Waals surface area contributed by atoms with Gasteiger partial charge < -0.3 is 20.1 Å². The maximum atomic E-state index is 12.0. The molecule has 1 aromatic heterocycles. The molecule has 2 N–H and O–H groups in total. The molecule has 6 heteroatoms. The van der Waals surface area contributed by atoms with Crippen LogP contribution in [0.5, 0.6) is 0 Å². The molecule has 0 aliphatic carbocycles. The first-order valence-electron chi connectivity index (χ1n) is 7.17. The zero-order valence-corrected chi connectivity index (χ0v) is 13.2. The first kappa shape index (κ1) is 16.5. The highest BCUT2D eigenvalue weighted by Crippen LogP contribution is 2.02. The maximum absolute atomic E-state index is 12.0. The highest BCUT2D eigenvalue weighted by Gasteiger charge is 2.15. The van der Waals surface area contributed by atoms with E-state index in [0.717, 1.165) is 24.5 Å². The number of H-pyrrole nitrogens is 1. The standard InChI is InChI=1S/C14H27N5O/c1-6-12(18(4)7-2)9-16-14(20)19(5)10-13-15-8-11(3)17-13/h8,12H,6-7,9-10H2,1-5H3,(H,15,17)(H,16,20). The first-order valence-corrected chi connectivity index (χ1v) is 7.17. The van der Waals surface area contributed by atoms with E-state index in [-0.39, 0.29) is 6.03 Å². The Hall–Kier alpha value is -1.56. The number of hydrogen-bond donors (Lipinski definition) is 2. The highest BCUT2D eigenvalue weighted by atomic mass is 16.2. The average molecular weight is 281 g/mol. The molecular weight excluding hydrogens is 254 g/mol. The van der Waals surface area contributed by atoms with Gasteiger partial charge in [-0.2, -0.15) is 0 Å². The quantitative estimate of drug-likeness (QED) is 0.797. The molecule has 1 atom stereocenters. The summed E-state index contributed by atoms with van der Waals surface area (Å²) in [5.74, 6) is 0.804. The average Bonchev–Trinajstić information content (AvgIpc) is 2.83. The van der Waals surface area contributed by atoms with Gasteiger partial charge in [0, 0.05) is 31.5 Å². The van der Waals surface area contributed by atoms with Gasteiger partial charge in [0.25, 0.3) is 0 Å². The van der Waals surface area contributed by atoms with Crippen molar-refractivity contribution in [1.29, 1.82) is 0 Å². The van der Waals surface area contributed by atoms with Gasteiger partial charge in [0.15, 0.2) is 0 Å². The van der Waals surface area contributed by atoms with Gasteiger partial charge in [-0.05, 0) is 26.9 Å². The Morgan fingerprint density at radius 1 is 1.45 bits per heavy atom. The van der Waals surface area contributed by atoms with Crippen LogP contribution in [0.15, 0.2) is 6.20 Å². The lowest BCUT2D eigenvalue weighted by atomic mass is 10.2. The first-order chi connectivity index (χ1) is 9.47. The van der Waals surface area contributed by atoms with E-state index in [4.69, 9.17) is 0 Å². The van der Waals surface area contributed by atoms with Crippen molar-refractivity contribution in [1.82, 2.24) is 25.1 Å². The lowest BCUT2D eigenvalue weighted by Crippen LogP contribution is -2.45. The van der Waals surface area contributed by atoms with Crippen LogP contribution in [0.2, 0.25) is 0 Å².